The number of hydrogen-bond donors (Lipinski definition) is 1. The van der Waals surface area contributed by atoms with Crippen LogP contribution in [0.3, 0.4) is 0 Å². The maximum absolute atomic E-state index is 13.6. The number of carbonyl (C=O) groups excluding carboxylic acids is 2. The van der Waals surface area contributed by atoms with Gasteiger partial charge in [-0.1, -0.05) is 18.2 Å². The van der Waals surface area contributed by atoms with Crippen LogP contribution in [0.5, 0.6) is 5.75 Å². The summed E-state index contributed by atoms with van der Waals surface area (Å²) in [5.41, 5.74) is 1.62. The number of Topliss-reactive ketones (excluding diaryl/α,β-unsaturated/α-hetero) is 1. The fourth-order valence-electron chi connectivity index (χ4n) is 4.05. The number of ketones is 1. The Morgan fingerprint density at radius 1 is 1.12 bits per heavy atom. The number of fused-ring (bicyclic) bond motifs is 1. The van der Waals surface area contributed by atoms with Crippen LogP contribution in [-0.2, 0) is 11.3 Å². The standard InChI is InChI=1S/C25H19N3O5/c1-32-18-7-4-5-16-13-19(33-24(16)18)22(29)20-21(15-8-11-26-12-9-15)28(25(31)23(20)30)14-17-6-2-3-10-27-17/h2-13,21,30H,14H2,1H3. The summed E-state index contributed by atoms with van der Waals surface area (Å²) in [4.78, 5) is 36.4. The van der Waals surface area contributed by atoms with Crippen molar-refractivity contribution in [2.45, 2.75) is 12.6 Å². The number of aromatic nitrogens is 2. The van der Waals surface area contributed by atoms with Crippen molar-refractivity contribution in [3.8, 4) is 5.75 Å². The van der Waals surface area contributed by atoms with Crippen molar-refractivity contribution in [1.82, 2.24) is 14.9 Å². The van der Waals surface area contributed by atoms with Crippen LogP contribution in [0.25, 0.3) is 11.0 Å². The number of aliphatic hydroxyl groups is 1. The number of pyridine rings is 2. The summed E-state index contributed by atoms with van der Waals surface area (Å²) in [6.07, 6.45) is 4.77. The average Bonchev–Trinajstić information content (AvgIpc) is 3.40. The Morgan fingerprint density at radius 2 is 1.94 bits per heavy atom. The van der Waals surface area contributed by atoms with Crippen LogP contribution >= 0.6 is 0 Å². The lowest BCUT2D eigenvalue weighted by molar-refractivity contribution is -0.130. The molecule has 0 bridgehead atoms. The largest absolute Gasteiger partial charge is 0.503 e. The monoisotopic (exact) mass is 441 g/mol. The Bertz CT molecular complexity index is 1380. The van der Waals surface area contributed by atoms with Crippen LogP contribution in [0.15, 0.2) is 88.9 Å². The van der Waals surface area contributed by atoms with Crippen LogP contribution in [0.4, 0.5) is 0 Å². The predicted molar refractivity (Wildman–Crippen MR) is 119 cm³/mol. The first kappa shape index (κ1) is 20.4. The van der Waals surface area contributed by atoms with Gasteiger partial charge in [-0.25, -0.2) is 0 Å². The van der Waals surface area contributed by atoms with Gasteiger partial charge in [-0.05, 0) is 42.0 Å². The Labute approximate surface area is 188 Å². The molecule has 1 amide bonds. The molecular weight excluding hydrogens is 422 g/mol. The van der Waals surface area contributed by atoms with Gasteiger partial charge in [0.15, 0.2) is 22.9 Å². The molecule has 0 saturated carbocycles. The van der Waals surface area contributed by atoms with Crippen molar-refractivity contribution in [1.29, 1.82) is 0 Å². The van der Waals surface area contributed by atoms with Gasteiger partial charge >= 0.3 is 0 Å². The van der Waals surface area contributed by atoms with Gasteiger partial charge in [0.25, 0.3) is 5.91 Å². The van der Waals surface area contributed by atoms with Gasteiger partial charge in [-0.3, -0.25) is 19.6 Å². The molecule has 8 nitrogen and oxygen atoms in total. The number of benzene rings is 1. The summed E-state index contributed by atoms with van der Waals surface area (Å²) in [5, 5.41) is 11.5. The second-order valence-corrected chi connectivity index (χ2v) is 7.52. The molecule has 4 aromatic rings. The Balaban J connectivity index is 1.60. The lowest BCUT2D eigenvalue weighted by Gasteiger charge is -2.26. The molecule has 1 atom stereocenters. The average molecular weight is 441 g/mol. The highest BCUT2D eigenvalue weighted by Crippen LogP contribution is 2.40. The number of nitrogens with zero attached hydrogens (tertiary/aromatic N) is 3. The first-order chi connectivity index (χ1) is 16.1. The Morgan fingerprint density at radius 3 is 2.67 bits per heavy atom. The van der Waals surface area contributed by atoms with Crippen LogP contribution < -0.4 is 4.74 Å². The van der Waals surface area contributed by atoms with Gasteiger partial charge in [0, 0.05) is 24.0 Å². The normalized spacial score (nSPS) is 16.0. The number of aliphatic hydroxyl groups excluding tert-OH is 1. The number of methoxy groups -OCH3 is 1. The van der Waals surface area contributed by atoms with E-state index in [4.69, 9.17) is 9.15 Å². The summed E-state index contributed by atoms with van der Waals surface area (Å²) in [6, 6.07) is 14.8. The maximum Gasteiger partial charge on any atom is 0.290 e. The minimum Gasteiger partial charge on any atom is -0.503 e. The van der Waals surface area contributed by atoms with E-state index in [9.17, 15) is 14.7 Å². The molecule has 0 spiro atoms. The molecule has 4 heterocycles. The van der Waals surface area contributed by atoms with Crippen LogP contribution in [0, 0.1) is 0 Å². The molecular formula is C25H19N3O5. The molecule has 0 fully saturated rings. The van der Waals surface area contributed by atoms with E-state index in [1.807, 2.05) is 6.07 Å². The molecule has 1 aliphatic rings. The van der Waals surface area contributed by atoms with E-state index in [1.54, 1.807) is 67.1 Å². The molecule has 0 radical (unpaired) electrons. The van der Waals surface area contributed by atoms with E-state index in [0.717, 1.165) is 0 Å². The van der Waals surface area contributed by atoms with E-state index < -0.39 is 23.5 Å². The van der Waals surface area contributed by atoms with Crippen molar-refractivity contribution < 1.29 is 23.8 Å². The van der Waals surface area contributed by atoms with Gasteiger partial charge in [0.05, 0.1) is 31.0 Å². The number of carbonyl (C=O) groups is 2. The third kappa shape index (κ3) is 3.51. The number of rotatable bonds is 6. The summed E-state index contributed by atoms with van der Waals surface area (Å²) in [5.74, 6) is -1.36. The minimum atomic E-state index is -0.829. The molecule has 33 heavy (non-hydrogen) atoms. The topological polar surface area (TPSA) is 106 Å². The summed E-state index contributed by atoms with van der Waals surface area (Å²) in [6.45, 7) is 0.113. The SMILES string of the molecule is COc1cccc2cc(C(=O)C3=C(O)C(=O)N(Cc4ccccn4)C3c3ccncc3)oc12. The Hall–Kier alpha value is -4.46. The lowest BCUT2D eigenvalue weighted by Crippen LogP contribution is -2.31. The first-order valence-corrected chi connectivity index (χ1v) is 10.2. The fourth-order valence-corrected chi connectivity index (χ4v) is 4.05. The number of para-hydroxylation sites is 1. The van der Waals surface area contributed by atoms with Crippen molar-refractivity contribution in [3.63, 3.8) is 0 Å². The van der Waals surface area contributed by atoms with Crippen LogP contribution in [0.1, 0.15) is 27.9 Å². The lowest BCUT2D eigenvalue weighted by atomic mass is 9.95. The predicted octanol–water partition coefficient (Wildman–Crippen LogP) is 4.01. The quantitative estimate of drug-likeness (QED) is 0.451. The van der Waals surface area contributed by atoms with E-state index in [2.05, 4.69) is 9.97 Å². The van der Waals surface area contributed by atoms with Gasteiger partial charge in [0.2, 0.25) is 5.78 Å². The first-order valence-electron chi connectivity index (χ1n) is 10.2. The van der Waals surface area contributed by atoms with Crippen molar-refractivity contribution in [2.24, 2.45) is 0 Å². The highest BCUT2D eigenvalue weighted by atomic mass is 16.5. The highest BCUT2D eigenvalue weighted by Gasteiger charge is 2.44. The number of hydrogen-bond acceptors (Lipinski definition) is 7. The third-order valence-electron chi connectivity index (χ3n) is 5.58. The van der Waals surface area contributed by atoms with Crippen LogP contribution in [0.2, 0.25) is 0 Å². The molecule has 0 saturated heterocycles. The molecule has 1 N–H and O–H groups in total. The number of furan rings is 1. The number of ether oxygens (including phenoxy) is 1. The Kier molecular flexibility index (Phi) is 5.10. The van der Waals surface area contributed by atoms with Gasteiger partial charge < -0.3 is 19.2 Å². The molecule has 0 aliphatic carbocycles. The third-order valence-corrected chi connectivity index (χ3v) is 5.58. The summed E-state index contributed by atoms with van der Waals surface area (Å²) >= 11 is 0. The van der Waals surface area contributed by atoms with E-state index in [1.165, 1.54) is 12.0 Å². The summed E-state index contributed by atoms with van der Waals surface area (Å²) in [7, 11) is 1.51. The summed E-state index contributed by atoms with van der Waals surface area (Å²) < 4.78 is 11.1. The highest BCUT2D eigenvalue weighted by molar-refractivity contribution is 6.16. The molecule has 8 heteroatoms. The smallest absolute Gasteiger partial charge is 0.290 e. The molecule has 164 valence electrons. The molecule has 1 aromatic carbocycles. The van der Waals surface area contributed by atoms with E-state index in [0.29, 0.717) is 28.0 Å². The zero-order valence-electron chi connectivity index (χ0n) is 17.6. The van der Waals surface area contributed by atoms with Crippen LogP contribution in [-0.4, -0.2) is 38.8 Å². The zero-order valence-corrected chi connectivity index (χ0v) is 17.6. The van der Waals surface area contributed by atoms with Gasteiger partial charge in [0.1, 0.15) is 0 Å². The number of amides is 1. The fraction of sp³-hybridized carbons (Fsp3) is 0.120. The molecule has 5 rings (SSSR count). The molecule has 3 aromatic heterocycles. The minimum absolute atomic E-state index is 0.00240. The van der Waals surface area contributed by atoms with Crippen molar-refractivity contribution >= 4 is 22.7 Å². The van der Waals surface area contributed by atoms with Crippen molar-refractivity contribution in [3.05, 3.63) is 102 Å². The van der Waals surface area contributed by atoms with E-state index >= 15 is 0 Å². The molecule has 1 unspecified atom stereocenters. The second-order valence-electron chi connectivity index (χ2n) is 7.52. The zero-order chi connectivity index (χ0) is 22.9. The van der Waals surface area contributed by atoms with Gasteiger partial charge in [-0.2, -0.15) is 0 Å². The molecule has 1 aliphatic heterocycles. The van der Waals surface area contributed by atoms with Gasteiger partial charge in [-0.15, -0.1) is 0 Å². The van der Waals surface area contributed by atoms with E-state index in [-0.39, 0.29) is 17.9 Å². The maximum atomic E-state index is 13.6. The van der Waals surface area contributed by atoms with Crippen molar-refractivity contribution in [2.75, 3.05) is 7.11 Å². The second kappa shape index (κ2) is 8.23.